The molecule has 1 aromatic heterocycles. The summed E-state index contributed by atoms with van der Waals surface area (Å²) in [5.41, 5.74) is 2.29. The summed E-state index contributed by atoms with van der Waals surface area (Å²) in [6, 6.07) is 24.1. The van der Waals surface area contributed by atoms with Gasteiger partial charge in [-0.05, 0) is 55.3 Å². The summed E-state index contributed by atoms with van der Waals surface area (Å²) in [7, 11) is -2.32. The monoisotopic (exact) mass is 504 g/mol. The molecule has 0 bridgehead atoms. The fourth-order valence-electron chi connectivity index (χ4n) is 3.95. The third-order valence-electron chi connectivity index (χ3n) is 6.07. The average Bonchev–Trinajstić information content (AvgIpc) is 3.11. The molecule has 186 valence electrons. The molecule has 0 aliphatic heterocycles. The molecule has 1 N–H and O–H groups in total. The Morgan fingerprint density at radius 1 is 0.917 bits per heavy atom. The van der Waals surface area contributed by atoms with Crippen LogP contribution in [0.2, 0.25) is 0 Å². The summed E-state index contributed by atoms with van der Waals surface area (Å²) in [6.45, 7) is 3.23. The molecule has 1 amide bonds. The minimum absolute atomic E-state index is 0.0692. The maximum absolute atomic E-state index is 13.5. The molecule has 1 heterocycles. The van der Waals surface area contributed by atoms with Gasteiger partial charge in [0.1, 0.15) is 12.2 Å². The lowest BCUT2D eigenvalue weighted by Gasteiger charge is -2.24. The van der Waals surface area contributed by atoms with Gasteiger partial charge in [-0.1, -0.05) is 55.5 Å². The fourth-order valence-corrected chi connectivity index (χ4v) is 5.40. The highest BCUT2D eigenvalue weighted by atomic mass is 32.2. The maximum Gasteiger partial charge on any atom is 0.295 e. The van der Waals surface area contributed by atoms with Crippen molar-refractivity contribution in [1.29, 1.82) is 0 Å². The zero-order chi connectivity index (χ0) is 25.9. The van der Waals surface area contributed by atoms with Gasteiger partial charge in [0.25, 0.3) is 15.6 Å². The van der Waals surface area contributed by atoms with Crippen LogP contribution in [-0.4, -0.2) is 30.2 Å². The van der Waals surface area contributed by atoms with Crippen molar-refractivity contribution in [2.75, 3.05) is 16.2 Å². The van der Waals surface area contributed by atoms with Gasteiger partial charge in [-0.15, -0.1) is 0 Å². The van der Waals surface area contributed by atoms with Gasteiger partial charge in [-0.3, -0.25) is 18.6 Å². The number of sulfonamides is 1. The van der Waals surface area contributed by atoms with Gasteiger partial charge in [0.15, 0.2) is 0 Å². The van der Waals surface area contributed by atoms with E-state index in [4.69, 9.17) is 0 Å². The molecule has 0 fully saturated rings. The Morgan fingerprint density at radius 3 is 2.08 bits per heavy atom. The molecule has 0 atom stereocenters. The van der Waals surface area contributed by atoms with Gasteiger partial charge in [-0.25, -0.2) is 13.1 Å². The molecule has 0 aliphatic carbocycles. The lowest BCUT2D eigenvalue weighted by atomic mass is 10.1. The molecule has 8 nitrogen and oxygen atoms in total. The number of rotatable bonds is 8. The first-order valence-electron chi connectivity index (χ1n) is 11.5. The second-order valence-electron chi connectivity index (χ2n) is 8.33. The molecule has 0 saturated carbocycles. The van der Waals surface area contributed by atoms with Crippen LogP contribution in [0.3, 0.4) is 0 Å². The molecular formula is C27H28N4O4S. The van der Waals surface area contributed by atoms with E-state index in [0.29, 0.717) is 17.1 Å². The van der Waals surface area contributed by atoms with E-state index in [-0.39, 0.29) is 10.6 Å². The molecule has 0 aliphatic rings. The van der Waals surface area contributed by atoms with Crippen molar-refractivity contribution in [2.45, 2.75) is 25.2 Å². The number of para-hydroxylation sites is 1. The van der Waals surface area contributed by atoms with E-state index in [1.54, 1.807) is 61.1 Å². The molecule has 3 aromatic carbocycles. The average molecular weight is 505 g/mol. The van der Waals surface area contributed by atoms with Crippen LogP contribution in [0.1, 0.15) is 18.2 Å². The fraction of sp³-hybridized carbons (Fsp3) is 0.185. The Labute approximate surface area is 210 Å². The van der Waals surface area contributed by atoms with Crippen LogP contribution >= 0.6 is 0 Å². The third-order valence-corrected chi connectivity index (χ3v) is 7.86. The van der Waals surface area contributed by atoms with E-state index in [9.17, 15) is 18.0 Å². The highest BCUT2D eigenvalue weighted by molar-refractivity contribution is 7.92. The van der Waals surface area contributed by atoms with E-state index >= 15 is 0 Å². The Bertz CT molecular complexity index is 1520. The second kappa shape index (κ2) is 10.2. The van der Waals surface area contributed by atoms with E-state index in [0.717, 1.165) is 16.3 Å². The smallest absolute Gasteiger partial charge is 0.295 e. The van der Waals surface area contributed by atoms with Gasteiger partial charge in [0.2, 0.25) is 5.91 Å². The van der Waals surface area contributed by atoms with Crippen molar-refractivity contribution in [3.05, 3.63) is 107 Å². The molecule has 9 heteroatoms. The van der Waals surface area contributed by atoms with Gasteiger partial charge < -0.3 is 5.32 Å². The number of carbonyl (C=O) groups is 1. The van der Waals surface area contributed by atoms with E-state index in [1.165, 1.54) is 16.8 Å². The summed E-state index contributed by atoms with van der Waals surface area (Å²) in [5.74, 6) is -0.625. The number of aryl methyl sites for hydroxylation is 1. The summed E-state index contributed by atoms with van der Waals surface area (Å²) in [6.07, 6.45) is 0.799. The van der Waals surface area contributed by atoms with Crippen molar-refractivity contribution in [3.8, 4) is 5.69 Å². The third kappa shape index (κ3) is 4.83. The molecule has 0 radical (unpaired) electrons. The van der Waals surface area contributed by atoms with Crippen molar-refractivity contribution in [3.63, 3.8) is 0 Å². The predicted octanol–water partition coefficient (Wildman–Crippen LogP) is 3.88. The molecular weight excluding hydrogens is 476 g/mol. The van der Waals surface area contributed by atoms with Crippen molar-refractivity contribution >= 4 is 27.3 Å². The van der Waals surface area contributed by atoms with Crippen LogP contribution in [0.4, 0.5) is 11.4 Å². The van der Waals surface area contributed by atoms with Crippen molar-refractivity contribution in [1.82, 2.24) is 9.36 Å². The van der Waals surface area contributed by atoms with Crippen molar-refractivity contribution in [2.24, 2.45) is 7.05 Å². The molecule has 0 saturated heterocycles. The lowest BCUT2D eigenvalue weighted by Crippen LogP contribution is -2.38. The summed E-state index contributed by atoms with van der Waals surface area (Å²) in [4.78, 5) is 26.4. The molecule has 4 rings (SSSR count). The number of nitrogens with one attached hydrogen (secondary N) is 1. The van der Waals surface area contributed by atoms with Gasteiger partial charge >= 0.3 is 0 Å². The largest absolute Gasteiger partial charge is 0.318 e. The number of nitrogens with zero attached hydrogens (tertiary/aromatic N) is 3. The summed E-state index contributed by atoms with van der Waals surface area (Å²) < 4.78 is 31.2. The minimum atomic E-state index is -4.04. The van der Waals surface area contributed by atoms with Crippen LogP contribution in [0.25, 0.3) is 5.69 Å². The van der Waals surface area contributed by atoms with Gasteiger partial charge in [-0.2, -0.15) is 0 Å². The molecule has 0 unspecified atom stereocenters. The molecule has 0 spiro atoms. The molecule has 4 aromatic rings. The topological polar surface area (TPSA) is 93.4 Å². The van der Waals surface area contributed by atoms with Crippen molar-refractivity contribution < 1.29 is 13.2 Å². The predicted molar refractivity (Wildman–Crippen MR) is 141 cm³/mol. The number of hydrogen-bond donors (Lipinski definition) is 1. The van der Waals surface area contributed by atoms with Crippen LogP contribution < -0.4 is 15.2 Å². The highest BCUT2D eigenvalue weighted by Crippen LogP contribution is 2.24. The standard InChI is InChI=1S/C27H28N4O4S/c1-4-21-15-17-22(18-16-21)30(36(34,35)24-13-9-6-10-14-24)19-25(32)28-26-20(2)29(3)31(27(26)33)23-11-7-5-8-12-23/h5-18H,4,19H2,1-3H3,(H,28,32). The lowest BCUT2D eigenvalue weighted by molar-refractivity contribution is -0.114. The Morgan fingerprint density at radius 2 is 1.50 bits per heavy atom. The van der Waals surface area contributed by atoms with Crippen LogP contribution in [0.5, 0.6) is 0 Å². The van der Waals surface area contributed by atoms with E-state index < -0.39 is 28.0 Å². The Kier molecular flexibility index (Phi) is 7.12. The SMILES string of the molecule is CCc1ccc(N(CC(=O)Nc2c(C)n(C)n(-c3ccccc3)c2=O)S(=O)(=O)c2ccccc2)cc1. The first kappa shape index (κ1) is 25.0. The highest BCUT2D eigenvalue weighted by Gasteiger charge is 2.28. The Balaban J connectivity index is 1.68. The number of hydrogen-bond acceptors (Lipinski definition) is 4. The number of amides is 1. The Hall–Kier alpha value is -4.11. The number of benzene rings is 3. The minimum Gasteiger partial charge on any atom is -0.318 e. The van der Waals surface area contributed by atoms with Crippen LogP contribution in [-0.2, 0) is 28.3 Å². The van der Waals surface area contributed by atoms with Gasteiger partial charge in [0, 0.05) is 7.05 Å². The first-order valence-corrected chi connectivity index (χ1v) is 13.0. The maximum atomic E-state index is 13.5. The first-order chi connectivity index (χ1) is 17.2. The number of aromatic nitrogens is 2. The quantitative estimate of drug-likeness (QED) is 0.394. The number of anilines is 2. The van der Waals surface area contributed by atoms with E-state index in [2.05, 4.69) is 5.32 Å². The van der Waals surface area contributed by atoms with E-state index in [1.807, 2.05) is 37.3 Å². The van der Waals surface area contributed by atoms with Gasteiger partial charge in [0.05, 0.1) is 22.0 Å². The zero-order valence-electron chi connectivity index (χ0n) is 20.4. The summed E-state index contributed by atoms with van der Waals surface area (Å²) in [5, 5.41) is 2.66. The zero-order valence-corrected chi connectivity index (χ0v) is 21.2. The molecule has 36 heavy (non-hydrogen) atoms. The second-order valence-corrected chi connectivity index (χ2v) is 10.2. The normalized spacial score (nSPS) is 11.3. The number of carbonyl (C=O) groups excluding carboxylic acids is 1. The van der Waals surface area contributed by atoms with Crippen LogP contribution in [0.15, 0.2) is 94.6 Å². The van der Waals surface area contributed by atoms with Crippen LogP contribution in [0, 0.1) is 6.92 Å². The summed E-state index contributed by atoms with van der Waals surface area (Å²) >= 11 is 0.